The number of aliphatic hydroxyl groups is 1. The third-order valence-electron chi connectivity index (χ3n) is 2.82. The monoisotopic (exact) mass is 227 g/mol. The Morgan fingerprint density at radius 2 is 1.94 bits per heavy atom. The molecular formula is C10H15N2O4+. The number of rotatable bonds is 3. The Hall–Kier alpha value is -1.16. The van der Waals surface area contributed by atoms with Crippen molar-refractivity contribution in [2.45, 2.75) is 25.7 Å². The molecule has 1 N–H and O–H groups in total. The van der Waals surface area contributed by atoms with Crippen molar-refractivity contribution in [3.05, 3.63) is 16.9 Å². The molecule has 0 amide bonds. The van der Waals surface area contributed by atoms with Crippen molar-refractivity contribution in [2.24, 2.45) is 5.41 Å². The van der Waals surface area contributed by atoms with E-state index < -0.39 is 5.97 Å². The van der Waals surface area contributed by atoms with Gasteiger partial charge in [0.15, 0.2) is 10.7 Å². The fourth-order valence-electron chi connectivity index (χ4n) is 1.73. The minimum Gasteiger partial charge on any atom is -0.505 e. The van der Waals surface area contributed by atoms with Crippen LogP contribution >= 0.6 is 0 Å². The Labute approximate surface area is 93.4 Å². The van der Waals surface area contributed by atoms with Crippen LogP contribution in [0.15, 0.2) is 12.0 Å². The van der Waals surface area contributed by atoms with Gasteiger partial charge in [0.25, 0.3) is 5.97 Å². The van der Waals surface area contributed by atoms with E-state index in [1.165, 1.54) is 0 Å². The van der Waals surface area contributed by atoms with Gasteiger partial charge < -0.3 is 19.3 Å². The van der Waals surface area contributed by atoms with Gasteiger partial charge >= 0.3 is 6.20 Å². The standard InChI is InChI=1S/C10H14N2O4/c1-9-5-14-10(15-6-9,16-7-9)3-2-8(13)4-12-11/h4H,2-3,5-7H2,1H3/p+1/b8-4-. The minimum atomic E-state index is -1.03. The van der Waals surface area contributed by atoms with Crippen LogP contribution in [-0.2, 0) is 14.2 Å². The summed E-state index contributed by atoms with van der Waals surface area (Å²) in [6.45, 7) is 3.84. The number of allylic oxidation sites excluding steroid dienone is 1. The van der Waals surface area contributed by atoms with Crippen molar-refractivity contribution in [3.63, 3.8) is 0 Å². The zero-order valence-electron chi connectivity index (χ0n) is 9.18. The largest absolute Gasteiger partial charge is 0.505 e. The van der Waals surface area contributed by atoms with E-state index in [0.717, 1.165) is 6.20 Å². The van der Waals surface area contributed by atoms with Crippen LogP contribution in [0.4, 0.5) is 0 Å². The van der Waals surface area contributed by atoms with Gasteiger partial charge in [0, 0.05) is 18.3 Å². The molecule has 0 aromatic carbocycles. The van der Waals surface area contributed by atoms with Gasteiger partial charge in [-0.25, -0.2) is 0 Å². The molecule has 88 valence electrons. The average molecular weight is 227 g/mol. The molecule has 0 unspecified atom stereocenters. The van der Waals surface area contributed by atoms with Crippen LogP contribution in [0.25, 0.3) is 4.98 Å². The molecule has 16 heavy (non-hydrogen) atoms. The summed E-state index contributed by atoms with van der Waals surface area (Å²) in [6, 6.07) is 0. The molecule has 3 aliphatic rings. The predicted molar refractivity (Wildman–Crippen MR) is 53.7 cm³/mol. The third kappa shape index (κ3) is 2.16. The molecule has 0 atom stereocenters. The van der Waals surface area contributed by atoms with Gasteiger partial charge in [-0.05, 0) is 0 Å². The first-order valence-corrected chi connectivity index (χ1v) is 5.22. The molecule has 0 saturated carbocycles. The second-order valence-corrected chi connectivity index (χ2v) is 4.60. The van der Waals surface area contributed by atoms with Crippen LogP contribution in [0.5, 0.6) is 0 Å². The van der Waals surface area contributed by atoms with Gasteiger partial charge in [0.2, 0.25) is 5.39 Å². The third-order valence-corrected chi connectivity index (χ3v) is 2.82. The zero-order valence-corrected chi connectivity index (χ0v) is 9.18. The van der Waals surface area contributed by atoms with Gasteiger partial charge in [-0.15, -0.1) is 0 Å². The summed E-state index contributed by atoms with van der Waals surface area (Å²) >= 11 is 0. The molecular weight excluding hydrogens is 212 g/mol. The van der Waals surface area contributed by atoms with Crippen molar-refractivity contribution >= 4 is 0 Å². The molecule has 0 aromatic rings. The maximum Gasteiger partial charge on any atom is 0.387 e. The van der Waals surface area contributed by atoms with E-state index in [-0.39, 0.29) is 17.6 Å². The maximum absolute atomic E-state index is 9.29. The van der Waals surface area contributed by atoms with E-state index in [9.17, 15) is 5.11 Å². The summed E-state index contributed by atoms with van der Waals surface area (Å²) < 4.78 is 16.6. The Morgan fingerprint density at radius 3 is 2.44 bits per heavy atom. The molecule has 3 heterocycles. The smallest absolute Gasteiger partial charge is 0.387 e. The van der Waals surface area contributed by atoms with Crippen LogP contribution in [-0.4, -0.2) is 30.9 Å². The van der Waals surface area contributed by atoms with E-state index in [1.807, 2.05) is 6.92 Å². The second kappa shape index (κ2) is 4.01. The van der Waals surface area contributed by atoms with Gasteiger partial charge in [-0.2, -0.15) is 0 Å². The van der Waals surface area contributed by atoms with Gasteiger partial charge in [-0.1, -0.05) is 6.92 Å². The molecule has 0 radical (unpaired) electrons. The van der Waals surface area contributed by atoms with Crippen LogP contribution in [0.3, 0.4) is 0 Å². The first-order chi connectivity index (χ1) is 7.58. The van der Waals surface area contributed by atoms with Gasteiger partial charge in [-0.3, -0.25) is 0 Å². The maximum atomic E-state index is 9.29. The molecule has 0 aliphatic carbocycles. The molecule has 2 bridgehead atoms. The number of diazo groups is 1. The van der Waals surface area contributed by atoms with E-state index in [4.69, 9.17) is 19.6 Å². The molecule has 3 saturated heterocycles. The molecule has 6 nitrogen and oxygen atoms in total. The number of hydrogen-bond acceptors (Lipinski definition) is 5. The summed E-state index contributed by atoms with van der Waals surface area (Å²) in [5.74, 6) is -1.07. The van der Waals surface area contributed by atoms with E-state index in [0.29, 0.717) is 26.2 Å². The highest BCUT2D eigenvalue weighted by molar-refractivity contribution is 4.96. The number of fused-ring (bicyclic) bond motifs is 3. The van der Waals surface area contributed by atoms with E-state index in [1.54, 1.807) is 0 Å². The fourth-order valence-corrected chi connectivity index (χ4v) is 1.73. The molecule has 0 spiro atoms. The number of aliphatic hydroxyl groups excluding tert-OH is 1. The summed E-state index contributed by atoms with van der Waals surface area (Å²) in [5, 5.41) is 17.5. The Bertz CT molecular complexity index is 323. The quantitative estimate of drug-likeness (QED) is 0.587. The fraction of sp³-hybridized carbons (Fsp3) is 0.800. The van der Waals surface area contributed by atoms with Crippen molar-refractivity contribution in [1.29, 1.82) is 5.39 Å². The number of nitrogens with zero attached hydrogens (tertiary/aromatic N) is 2. The van der Waals surface area contributed by atoms with Crippen molar-refractivity contribution in [2.75, 3.05) is 19.8 Å². The highest BCUT2D eigenvalue weighted by atomic mass is 16.9. The van der Waals surface area contributed by atoms with Crippen molar-refractivity contribution in [3.8, 4) is 0 Å². The molecule has 3 rings (SSSR count). The average Bonchev–Trinajstić information content (AvgIpc) is 2.29. The summed E-state index contributed by atoms with van der Waals surface area (Å²) in [7, 11) is 0. The van der Waals surface area contributed by atoms with Crippen LogP contribution in [0.1, 0.15) is 19.8 Å². The lowest BCUT2D eigenvalue weighted by Crippen LogP contribution is -2.58. The van der Waals surface area contributed by atoms with Gasteiger partial charge in [0.05, 0.1) is 19.8 Å². The molecule has 3 fully saturated rings. The Morgan fingerprint density at radius 1 is 1.38 bits per heavy atom. The van der Waals surface area contributed by atoms with E-state index >= 15 is 0 Å². The topological polar surface area (TPSA) is 76.1 Å². The van der Waals surface area contributed by atoms with Crippen molar-refractivity contribution in [1.82, 2.24) is 0 Å². The molecule has 3 aliphatic heterocycles. The molecule has 6 heteroatoms. The van der Waals surface area contributed by atoms with E-state index in [2.05, 4.69) is 4.98 Å². The molecule has 0 aromatic heterocycles. The normalized spacial score (nSPS) is 38.4. The van der Waals surface area contributed by atoms with Gasteiger partial charge in [0.1, 0.15) is 0 Å². The first-order valence-electron chi connectivity index (χ1n) is 5.22. The highest BCUT2D eigenvalue weighted by Crippen LogP contribution is 2.40. The Balaban J connectivity index is 1.91. The van der Waals surface area contributed by atoms with Crippen LogP contribution in [0.2, 0.25) is 0 Å². The van der Waals surface area contributed by atoms with Crippen molar-refractivity contribution < 1.29 is 19.3 Å². The predicted octanol–water partition coefficient (Wildman–Crippen LogP) is 1.76. The zero-order chi connectivity index (χ0) is 11.6. The number of ether oxygens (including phenoxy) is 3. The number of hydrogen-bond donors (Lipinski definition) is 1. The lowest BCUT2D eigenvalue weighted by Gasteiger charge is -2.50. The highest BCUT2D eigenvalue weighted by Gasteiger charge is 2.50. The van der Waals surface area contributed by atoms with Crippen LogP contribution < -0.4 is 0 Å². The summed E-state index contributed by atoms with van der Waals surface area (Å²) in [4.78, 5) is 2.73. The SMILES string of the molecule is CC12COC(CC/C(O)=C/[N+]#N)(OC1)OC2. The lowest BCUT2D eigenvalue weighted by atomic mass is 9.91. The Kier molecular flexibility index (Phi) is 2.84. The minimum absolute atomic E-state index is 0.0356. The second-order valence-electron chi connectivity index (χ2n) is 4.60. The summed E-state index contributed by atoms with van der Waals surface area (Å²) in [6.07, 6.45) is 1.63. The van der Waals surface area contributed by atoms with Crippen LogP contribution in [0, 0.1) is 10.8 Å². The lowest BCUT2D eigenvalue weighted by molar-refractivity contribution is -0.467. The first kappa shape index (κ1) is 11.3. The summed E-state index contributed by atoms with van der Waals surface area (Å²) in [5.41, 5.74) is -0.0555.